The molecule has 0 fully saturated rings. The highest BCUT2D eigenvalue weighted by Gasteiger charge is 2.22. The third kappa shape index (κ3) is 5.40. The van der Waals surface area contributed by atoms with E-state index in [1.807, 2.05) is 29.8 Å². The largest absolute Gasteiger partial charge is 0.340 e. The van der Waals surface area contributed by atoms with Gasteiger partial charge in [0, 0.05) is 28.9 Å². The van der Waals surface area contributed by atoms with E-state index in [4.69, 9.17) is 0 Å². The highest BCUT2D eigenvalue weighted by Crippen LogP contribution is 2.24. The third-order valence-electron chi connectivity index (χ3n) is 3.96. The Morgan fingerprint density at radius 2 is 2.00 bits per heavy atom. The number of hydrogen-bond acceptors (Lipinski definition) is 6. The van der Waals surface area contributed by atoms with E-state index >= 15 is 0 Å². The number of rotatable bonds is 8. The molecule has 0 bridgehead atoms. The van der Waals surface area contributed by atoms with Crippen LogP contribution < -0.4 is 10.6 Å². The summed E-state index contributed by atoms with van der Waals surface area (Å²) >= 11 is 2.97. The fraction of sp³-hybridized carbons (Fsp3) is 0.200. The third-order valence-corrected chi connectivity index (χ3v) is 5.36. The summed E-state index contributed by atoms with van der Waals surface area (Å²) in [6.07, 6.45) is 5.92. The van der Waals surface area contributed by atoms with E-state index in [1.54, 1.807) is 48.4 Å². The van der Waals surface area contributed by atoms with Crippen LogP contribution in [0.15, 0.2) is 60.2 Å². The number of benzene rings is 1. The van der Waals surface area contributed by atoms with Crippen LogP contribution in [0.3, 0.4) is 0 Å². The Balaban J connectivity index is 1.68. The Bertz CT molecular complexity index is 916. The maximum atomic E-state index is 12.8. The summed E-state index contributed by atoms with van der Waals surface area (Å²) in [6, 6.07) is 12.0. The van der Waals surface area contributed by atoms with Crippen LogP contribution in [0.25, 0.3) is 11.3 Å². The van der Waals surface area contributed by atoms with Gasteiger partial charge in [-0.2, -0.15) is 11.8 Å². The monoisotopic (exact) mass is 412 g/mol. The molecule has 0 saturated carbocycles. The molecule has 1 aromatic carbocycles. The van der Waals surface area contributed by atoms with Gasteiger partial charge in [-0.3, -0.25) is 14.6 Å². The zero-order valence-electron chi connectivity index (χ0n) is 15.3. The average molecular weight is 413 g/mol. The van der Waals surface area contributed by atoms with Gasteiger partial charge in [0.25, 0.3) is 5.91 Å². The molecule has 8 heteroatoms. The number of nitrogens with one attached hydrogen (secondary N) is 2. The molecule has 0 saturated heterocycles. The van der Waals surface area contributed by atoms with Crippen LogP contribution in [-0.4, -0.2) is 39.8 Å². The van der Waals surface area contributed by atoms with Gasteiger partial charge in [0.2, 0.25) is 5.91 Å². The molecule has 0 aliphatic rings. The van der Waals surface area contributed by atoms with Crippen molar-refractivity contribution in [2.24, 2.45) is 0 Å². The molecule has 28 heavy (non-hydrogen) atoms. The summed E-state index contributed by atoms with van der Waals surface area (Å²) in [5, 5.41) is 8.01. The van der Waals surface area contributed by atoms with Gasteiger partial charge in [-0.25, -0.2) is 4.98 Å². The first kappa shape index (κ1) is 20.0. The Kier molecular flexibility index (Phi) is 7.16. The predicted octanol–water partition coefficient (Wildman–Crippen LogP) is 3.70. The summed E-state index contributed by atoms with van der Waals surface area (Å²) in [4.78, 5) is 33.7. The smallest absolute Gasteiger partial charge is 0.251 e. The average Bonchev–Trinajstić information content (AvgIpc) is 3.20. The molecule has 2 aromatic heterocycles. The number of thiazole rings is 1. The van der Waals surface area contributed by atoms with Gasteiger partial charge in [0.05, 0.1) is 5.69 Å². The van der Waals surface area contributed by atoms with Gasteiger partial charge < -0.3 is 10.6 Å². The van der Waals surface area contributed by atoms with Crippen molar-refractivity contribution in [2.75, 3.05) is 17.3 Å². The number of nitrogens with zero attached hydrogens (tertiary/aromatic N) is 2. The second-order valence-electron chi connectivity index (χ2n) is 5.94. The minimum Gasteiger partial charge on any atom is -0.340 e. The number of carbonyl (C=O) groups excluding carboxylic acids is 2. The number of thioether (sulfide) groups is 1. The van der Waals surface area contributed by atoms with Crippen molar-refractivity contribution in [3.05, 3.63) is 65.8 Å². The molecule has 6 nitrogen and oxygen atoms in total. The van der Waals surface area contributed by atoms with Gasteiger partial charge >= 0.3 is 0 Å². The van der Waals surface area contributed by atoms with Crippen LogP contribution in [0.2, 0.25) is 0 Å². The van der Waals surface area contributed by atoms with Gasteiger partial charge in [-0.1, -0.05) is 18.2 Å². The molecule has 3 rings (SSSR count). The number of hydrogen-bond donors (Lipinski definition) is 2. The molecule has 144 valence electrons. The number of pyridine rings is 1. The van der Waals surface area contributed by atoms with Crippen molar-refractivity contribution >= 4 is 40.0 Å². The molecule has 0 aliphatic carbocycles. The molecular formula is C20H20N4O2S2. The molecule has 0 aliphatic heterocycles. The summed E-state index contributed by atoms with van der Waals surface area (Å²) in [5.41, 5.74) is 2.16. The zero-order valence-corrected chi connectivity index (χ0v) is 16.9. The summed E-state index contributed by atoms with van der Waals surface area (Å²) in [6.45, 7) is 0. The van der Waals surface area contributed by atoms with Gasteiger partial charge in [-0.15, -0.1) is 11.3 Å². The van der Waals surface area contributed by atoms with Gasteiger partial charge in [0.1, 0.15) is 6.04 Å². The molecule has 1 unspecified atom stereocenters. The maximum Gasteiger partial charge on any atom is 0.251 e. The molecule has 0 radical (unpaired) electrons. The lowest BCUT2D eigenvalue weighted by Gasteiger charge is -2.17. The zero-order chi connectivity index (χ0) is 19.8. The van der Waals surface area contributed by atoms with Crippen molar-refractivity contribution in [2.45, 2.75) is 12.5 Å². The normalized spacial score (nSPS) is 11.6. The number of aromatic nitrogens is 2. The van der Waals surface area contributed by atoms with Crippen molar-refractivity contribution in [1.82, 2.24) is 15.3 Å². The van der Waals surface area contributed by atoms with E-state index < -0.39 is 6.04 Å². The van der Waals surface area contributed by atoms with Gasteiger partial charge in [-0.05, 0) is 42.7 Å². The highest BCUT2D eigenvalue weighted by molar-refractivity contribution is 7.98. The first-order valence-corrected chi connectivity index (χ1v) is 11.0. The second-order valence-corrected chi connectivity index (χ2v) is 7.79. The molecule has 0 spiro atoms. The van der Waals surface area contributed by atoms with Crippen molar-refractivity contribution in [3.63, 3.8) is 0 Å². The molecule has 1 atom stereocenters. The number of anilines is 1. The number of carbonyl (C=O) groups is 2. The van der Waals surface area contributed by atoms with Crippen LogP contribution in [-0.2, 0) is 4.79 Å². The minimum absolute atomic E-state index is 0.267. The van der Waals surface area contributed by atoms with Crippen molar-refractivity contribution in [1.29, 1.82) is 0 Å². The van der Waals surface area contributed by atoms with Crippen LogP contribution in [0.5, 0.6) is 0 Å². The standard InChI is InChI=1S/C20H20N4O2S2/c1-27-11-9-16(22-18(25)14-6-3-2-4-7-14)19(26)24-20-23-17(13-28-20)15-8-5-10-21-12-15/h2-8,10,12-13,16H,9,11H2,1H3,(H,22,25)(H,23,24,26). The molecule has 2 amide bonds. The van der Waals surface area contributed by atoms with E-state index in [9.17, 15) is 9.59 Å². The van der Waals surface area contributed by atoms with Gasteiger partial charge in [0.15, 0.2) is 5.13 Å². The summed E-state index contributed by atoms with van der Waals surface area (Å²) in [5.74, 6) is 0.217. The van der Waals surface area contributed by atoms with Crippen LogP contribution in [0, 0.1) is 0 Å². The van der Waals surface area contributed by atoms with E-state index in [-0.39, 0.29) is 11.8 Å². The molecule has 3 aromatic rings. The highest BCUT2D eigenvalue weighted by atomic mass is 32.2. The van der Waals surface area contributed by atoms with E-state index in [2.05, 4.69) is 20.6 Å². The van der Waals surface area contributed by atoms with Crippen molar-refractivity contribution in [3.8, 4) is 11.3 Å². The predicted molar refractivity (Wildman–Crippen MR) is 115 cm³/mol. The fourth-order valence-electron chi connectivity index (χ4n) is 2.51. The Morgan fingerprint density at radius 3 is 2.71 bits per heavy atom. The first-order chi connectivity index (χ1) is 13.7. The SMILES string of the molecule is CSCCC(NC(=O)c1ccccc1)C(=O)Nc1nc(-c2cccnc2)cs1. The van der Waals surface area contributed by atoms with E-state index in [0.29, 0.717) is 17.1 Å². The second kappa shape index (κ2) is 10.0. The lowest BCUT2D eigenvalue weighted by Crippen LogP contribution is -2.44. The van der Waals surface area contributed by atoms with Crippen LogP contribution >= 0.6 is 23.1 Å². The summed E-state index contributed by atoms with van der Waals surface area (Å²) in [7, 11) is 0. The Labute approximate surface area is 171 Å². The topological polar surface area (TPSA) is 84.0 Å². The number of amides is 2. The maximum absolute atomic E-state index is 12.8. The van der Waals surface area contributed by atoms with Crippen molar-refractivity contribution < 1.29 is 9.59 Å². The van der Waals surface area contributed by atoms with E-state index in [1.165, 1.54) is 11.3 Å². The lowest BCUT2D eigenvalue weighted by molar-refractivity contribution is -0.118. The Hall–Kier alpha value is -2.71. The molecular weight excluding hydrogens is 392 g/mol. The minimum atomic E-state index is -0.633. The summed E-state index contributed by atoms with van der Waals surface area (Å²) < 4.78 is 0. The van der Waals surface area contributed by atoms with E-state index in [0.717, 1.165) is 17.0 Å². The fourth-order valence-corrected chi connectivity index (χ4v) is 3.70. The molecule has 2 N–H and O–H groups in total. The van der Waals surface area contributed by atoms with Crippen LogP contribution in [0.1, 0.15) is 16.8 Å². The molecule has 2 heterocycles. The quantitative estimate of drug-likeness (QED) is 0.589. The Morgan fingerprint density at radius 1 is 1.18 bits per heavy atom. The van der Waals surface area contributed by atoms with Crippen LogP contribution in [0.4, 0.5) is 5.13 Å². The lowest BCUT2D eigenvalue weighted by atomic mass is 10.1. The first-order valence-electron chi connectivity index (χ1n) is 8.69.